The lowest BCUT2D eigenvalue weighted by Crippen LogP contribution is -2.51. The summed E-state index contributed by atoms with van der Waals surface area (Å²) in [4.78, 5) is 40.9. The number of hydrogen-bond donors (Lipinski definition) is 6. The summed E-state index contributed by atoms with van der Waals surface area (Å²) in [6, 6.07) is -0.0702. The quantitative estimate of drug-likeness (QED) is 0.146. The molecule has 0 unspecified atom stereocenters. The van der Waals surface area contributed by atoms with E-state index in [1.54, 1.807) is 7.05 Å². The molecule has 0 aromatic carbocycles. The fourth-order valence-corrected chi connectivity index (χ4v) is 2.77. The number of carboxylic acids is 1. The van der Waals surface area contributed by atoms with Crippen LogP contribution in [-0.4, -0.2) is 69.2 Å². The van der Waals surface area contributed by atoms with Gasteiger partial charge in [0.15, 0.2) is 18.3 Å². The van der Waals surface area contributed by atoms with Crippen LogP contribution in [0.3, 0.4) is 0 Å². The highest BCUT2D eigenvalue weighted by Crippen LogP contribution is 2.20. The molecule has 4 atom stereocenters. The van der Waals surface area contributed by atoms with Crippen molar-refractivity contribution in [2.75, 3.05) is 19.3 Å². The molecule has 1 aromatic rings. The van der Waals surface area contributed by atoms with Crippen LogP contribution >= 0.6 is 12.4 Å². The molecular formula is C17H27ClN8O5. The van der Waals surface area contributed by atoms with Crippen LogP contribution in [0.4, 0.5) is 5.82 Å². The minimum Gasteiger partial charge on any atom is -0.479 e. The van der Waals surface area contributed by atoms with Crippen molar-refractivity contribution in [2.45, 2.75) is 37.3 Å². The molecule has 1 aliphatic rings. The van der Waals surface area contributed by atoms with E-state index >= 15 is 0 Å². The molecule has 1 amide bonds. The topological polar surface area (TPSA) is 216 Å². The third-order valence-corrected chi connectivity index (χ3v) is 4.49. The van der Waals surface area contributed by atoms with E-state index in [1.807, 2.05) is 0 Å². The van der Waals surface area contributed by atoms with Crippen LogP contribution in [-0.2, 0) is 14.3 Å². The predicted octanol–water partition coefficient (Wildman–Crippen LogP) is -1.80. The summed E-state index contributed by atoms with van der Waals surface area (Å²) < 4.78 is 6.57. The van der Waals surface area contributed by atoms with Gasteiger partial charge in [0.05, 0.1) is 6.04 Å². The maximum atomic E-state index is 12.3. The minimum atomic E-state index is -1.42. The molecule has 13 nitrogen and oxygen atoms in total. The third kappa shape index (κ3) is 7.24. The summed E-state index contributed by atoms with van der Waals surface area (Å²) in [6.07, 6.45) is 2.17. The molecule has 9 N–H and O–H groups in total. The Morgan fingerprint density at radius 2 is 2.13 bits per heavy atom. The van der Waals surface area contributed by atoms with Crippen molar-refractivity contribution in [3.05, 3.63) is 34.9 Å². The van der Waals surface area contributed by atoms with Crippen molar-refractivity contribution >= 4 is 36.1 Å². The number of carbonyl (C=O) groups is 2. The molecule has 14 heteroatoms. The number of anilines is 1. The monoisotopic (exact) mass is 458 g/mol. The van der Waals surface area contributed by atoms with Gasteiger partial charge in [-0.15, -0.1) is 12.4 Å². The fraction of sp³-hybridized carbons (Fsp3) is 0.471. The lowest BCUT2D eigenvalue weighted by molar-refractivity contribution is -0.159. The van der Waals surface area contributed by atoms with Gasteiger partial charge < -0.3 is 37.3 Å². The number of aromatic nitrogens is 2. The third-order valence-electron chi connectivity index (χ3n) is 4.49. The number of amides is 1. The van der Waals surface area contributed by atoms with Crippen molar-refractivity contribution in [1.82, 2.24) is 19.8 Å². The van der Waals surface area contributed by atoms with E-state index in [4.69, 9.17) is 27.3 Å². The first-order valence-corrected chi connectivity index (χ1v) is 9.10. The van der Waals surface area contributed by atoms with Crippen LogP contribution < -0.4 is 28.2 Å². The maximum absolute atomic E-state index is 12.3. The van der Waals surface area contributed by atoms with Gasteiger partial charge in [0.1, 0.15) is 5.82 Å². The number of nitrogens with two attached hydrogens (primary N) is 3. The van der Waals surface area contributed by atoms with Gasteiger partial charge in [-0.2, -0.15) is 4.98 Å². The summed E-state index contributed by atoms with van der Waals surface area (Å²) in [5.74, 6) is -1.84. The standard InChI is InChI=1S/C17H26N8O5.ClH/c1-24(16(20)21)6-4-9(18)8-12(26)22-10-2-3-13(30-14(10)15(27)28)25-7-5-11(19)23-17(25)29;/h2-3,5,7,9-10,13-14H,4,6,8,18H2,1H3,(H3,20,21)(H,22,26)(H,27,28)(H2,19,23,29);1H/t9-,10+,13-,14+;/m0./s1. The normalized spacial score (nSPS) is 20.9. The summed E-state index contributed by atoms with van der Waals surface area (Å²) in [6.45, 7) is 0.403. The van der Waals surface area contributed by atoms with Crippen LogP contribution in [0.25, 0.3) is 0 Å². The van der Waals surface area contributed by atoms with E-state index < -0.39 is 42.0 Å². The summed E-state index contributed by atoms with van der Waals surface area (Å²) in [5, 5.41) is 19.4. The average Bonchev–Trinajstić information content (AvgIpc) is 2.66. The zero-order valence-corrected chi connectivity index (χ0v) is 17.6. The number of nitrogens with zero attached hydrogens (tertiary/aromatic N) is 3. The van der Waals surface area contributed by atoms with Crippen molar-refractivity contribution in [3.8, 4) is 0 Å². The minimum absolute atomic E-state index is 0. The molecule has 0 radical (unpaired) electrons. The van der Waals surface area contributed by atoms with E-state index in [-0.39, 0.29) is 30.6 Å². The van der Waals surface area contributed by atoms with E-state index in [9.17, 15) is 19.5 Å². The molecule has 0 saturated heterocycles. The number of carboxylic acid groups (broad SMARTS) is 1. The van der Waals surface area contributed by atoms with Crippen LogP contribution in [0, 0.1) is 5.41 Å². The average molecular weight is 459 g/mol. The van der Waals surface area contributed by atoms with E-state index in [0.717, 1.165) is 4.57 Å². The lowest BCUT2D eigenvalue weighted by atomic mass is 10.1. The number of aliphatic carboxylic acids is 1. The van der Waals surface area contributed by atoms with E-state index in [2.05, 4.69) is 10.3 Å². The Morgan fingerprint density at radius 1 is 1.45 bits per heavy atom. The smallest absolute Gasteiger partial charge is 0.351 e. The van der Waals surface area contributed by atoms with Gasteiger partial charge in [-0.1, -0.05) is 6.08 Å². The van der Waals surface area contributed by atoms with Gasteiger partial charge in [-0.3, -0.25) is 14.8 Å². The van der Waals surface area contributed by atoms with Gasteiger partial charge in [-0.25, -0.2) is 9.59 Å². The molecule has 0 aliphatic carbocycles. The maximum Gasteiger partial charge on any atom is 0.351 e. The highest BCUT2D eigenvalue weighted by molar-refractivity contribution is 5.85. The van der Waals surface area contributed by atoms with Gasteiger partial charge in [0.25, 0.3) is 0 Å². The Kier molecular flexibility index (Phi) is 9.42. The number of halogens is 1. The Bertz CT molecular complexity index is 892. The fourth-order valence-electron chi connectivity index (χ4n) is 2.77. The van der Waals surface area contributed by atoms with Crippen molar-refractivity contribution in [3.63, 3.8) is 0 Å². The Balaban J connectivity index is 0.00000480. The number of guanidine groups is 1. The second-order valence-electron chi connectivity index (χ2n) is 6.87. The molecule has 2 rings (SSSR count). The molecule has 0 saturated carbocycles. The zero-order chi connectivity index (χ0) is 22.4. The molecule has 1 aliphatic heterocycles. The second kappa shape index (κ2) is 11.3. The molecule has 0 spiro atoms. The molecule has 1 aromatic heterocycles. The molecule has 0 bridgehead atoms. The number of carbonyl (C=O) groups excluding carboxylic acids is 1. The second-order valence-corrected chi connectivity index (χ2v) is 6.87. The molecular weight excluding hydrogens is 432 g/mol. The van der Waals surface area contributed by atoms with Gasteiger partial charge >= 0.3 is 11.7 Å². The van der Waals surface area contributed by atoms with Crippen molar-refractivity contribution < 1.29 is 19.4 Å². The van der Waals surface area contributed by atoms with Crippen LogP contribution in [0.5, 0.6) is 0 Å². The predicted molar refractivity (Wildman–Crippen MR) is 115 cm³/mol. The van der Waals surface area contributed by atoms with Crippen LogP contribution in [0.2, 0.25) is 0 Å². The lowest BCUT2D eigenvalue weighted by Gasteiger charge is -2.31. The van der Waals surface area contributed by atoms with Gasteiger partial charge in [0, 0.05) is 32.3 Å². The molecule has 0 fully saturated rings. The Morgan fingerprint density at radius 3 is 2.71 bits per heavy atom. The highest BCUT2D eigenvalue weighted by atomic mass is 35.5. The van der Waals surface area contributed by atoms with Crippen molar-refractivity contribution in [1.29, 1.82) is 5.41 Å². The first-order chi connectivity index (χ1) is 14.1. The van der Waals surface area contributed by atoms with E-state index in [0.29, 0.717) is 13.0 Å². The summed E-state index contributed by atoms with van der Waals surface area (Å²) >= 11 is 0. The largest absolute Gasteiger partial charge is 0.479 e. The molecule has 172 valence electrons. The Labute approximate surface area is 184 Å². The van der Waals surface area contributed by atoms with Gasteiger partial charge in [0.2, 0.25) is 5.91 Å². The first-order valence-electron chi connectivity index (χ1n) is 9.10. The SMILES string of the molecule is CN(CC[C@H](N)CC(=O)N[C@@H]1C=C[C@@H](n2ccc(N)nc2=O)O[C@H]1C(=O)O)C(=N)N.Cl. The summed E-state index contributed by atoms with van der Waals surface area (Å²) in [7, 11) is 1.63. The summed E-state index contributed by atoms with van der Waals surface area (Å²) in [5.41, 5.74) is 16.0. The first kappa shape index (κ1) is 25.9. The number of nitrogen functional groups attached to an aromatic ring is 1. The molecule has 2 heterocycles. The number of nitrogens with one attached hydrogen (secondary N) is 2. The van der Waals surface area contributed by atoms with E-state index in [1.165, 1.54) is 29.3 Å². The molecule has 31 heavy (non-hydrogen) atoms. The van der Waals surface area contributed by atoms with Crippen LogP contribution in [0.1, 0.15) is 19.1 Å². The number of hydrogen-bond acceptors (Lipinski definition) is 8. The number of ether oxygens (including phenoxy) is 1. The van der Waals surface area contributed by atoms with Crippen molar-refractivity contribution in [2.24, 2.45) is 11.5 Å². The highest BCUT2D eigenvalue weighted by Gasteiger charge is 2.35. The van der Waals surface area contributed by atoms with Gasteiger partial charge in [-0.05, 0) is 18.6 Å². The Hall–Kier alpha value is -3.16. The zero-order valence-electron chi connectivity index (χ0n) is 16.8. The number of rotatable bonds is 8. The van der Waals surface area contributed by atoms with Crippen LogP contribution in [0.15, 0.2) is 29.2 Å².